The average Bonchev–Trinajstić information content (AvgIpc) is 2.43. The smallest absolute Gasteiger partial charge is 0.387 e. The number of carbonyl (C=O) groups excluding carboxylic acids is 1. The van der Waals surface area contributed by atoms with Crippen LogP contribution in [0.4, 0.5) is 14.5 Å². The Bertz CT molecular complexity index is 645. The highest BCUT2D eigenvalue weighted by Gasteiger charge is 2.11. The van der Waals surface area contributed by atoms with E-state index in [9.17, 15) is 13.6 Å². The van der Waals surface area contributed by atoms with E-state index in [0.717, 1.165) is 9.13 Å². The minimum Gasteiger partial charge on any atom is -0.435 e. The maximum absolute atomic E-state index is 12.2. The lowest BCUT2D eigenvalue weighted by Crippen LogP contribution is -2.14. The summed E-state index contributed by atoms with van der Waals surface area (Å²) in [6.45, 7) is -0.936. The van der Waals surface area contributed by atoms with Crippen LogP contribution in [-0.4, -0.2) is 12.5 Å². The molecular weight excluding hydrogens is 391 g/mol. The zero-order chi connectivity index (χ0) is 15.4. The van der Waals surface area contributed by atoms with Crippen molar-refractivity contribution in [3.63, 3.8) is 0 Å². The lowest BCUT2D eigenvalue weighted by molar-refractivity contribution is -0.0498. The minimum absolute atomic E-state index is 0.0492. The van der Waals surface area contributed by atoms with Crippen molar-refractivity contribution in [1.29, 1.82) is 0 Å². The van der Waals surface area contributed by atoms with Crippen LogP contribution in [0.5, 0.6) is 5.75 Å². The number of nitrogens with one attached hydrogen (secondary N) is 1. The highest BCUT2D eigenvalue weighted by Crippen LogP contribution is 2.20. The van der Waals surface area contributed by atoms with Crippen LogP contribution in [-0.2, 0) is 0 Å². The van der Waals surface area contributed by atoms with Gasteiger partial charge in [0.2, 0.25) is 0 Å². The summed E-state index contributed by atoms with van der Waals surface area (Å²) in [4.78, 5) is 12.2. The third-order valence-electron chi connectivity index (χ3n) is 2.77. The van der Waals surface area contributed by atoms with Crippen LogP contribution in [0.1, 0.15) is 15.9 Å². The summed E-state index contributed by atoms with van der Waals surface area (Å²) in [6, 6.07) is 11.3. The van der Waals surface area contributed by atoms with Gasteiger partial charge in [-0.3, -0.25) is 4.79 Å². The number of benzene rings is 2. The first kappa shape index (κ1) is 15.7. The zero-order valence-electron chi connectivity index (χ0n) is 11.1. The van der Waals surface area contributed by atoms with Gasteiger partial charge in [0.1, 0.15) is 5.75 Å². The van der Waals surface area contributed by atoms with Gasteiger partial charge in [-0.05, 0) is 65.4 Å². The van der Waals surface area contributed by atoms with Crippen molar-refractivity contribution in [3.8, 4) is 5.75 Å². The molecule has 0 aliphatic carbocycles. The van der Waals surface area contributed by atoms with Crippen molar-refractivity contribution in [2.45, 2.75) is 13.5 Å². The topological polar surface area (TPSA) is 38.3 Å². The highest BCUT2D eigenvalue weighted by molar-refractivity contribution is 14.1. The third kappa shape index (κ3) is 4.13. The number of carbonyl (C=O) groups is 1. The number of halogens is 3. The molecule has 1 amide bonds. The standard InChI is InChI=1S/C15H12F2INO2/c1-9-3-2-4-12(13(9)18)14(20)19-10-5-7-11(8-6-10)21-15(16)17/h2-8,15H,1H3,(H,19,20). The predicted molar refractivity (Wildman–Crippen MR) is 84.9 cm³/mol. The van der Waals surface area contributed by atoms with Crippen molar-refractivity contribution in [2.24, 2.45) is 0 Å². The van der Waals surface area contributed by atoms with Gasteiger partial charge in [0.15, 0.2) is 0 Å². The highest BCUT2D eigenvalue weighted by atomic mass is 127. The van der Waals surface area contributed by atoms with E-state index >= 15 is 0 Å². The Morgan fingerprint density at radius 1 is 1.19 bits per heavy atom. The first-order chi connectivity index (χ1) is 9.97. The monoisotopic (exact) mass is 403 g/mol. The largest absolute Gasteiger partial charge is 0.435 e. The molecule has 6 heteroatoms. The van der Waals surface area contributed by atoms with Crippen molar-refractivity contribution in [1.82, 2.24) is 0 Å². The third-order valence-corrected chi connectivity index (χ3v) is 4.21. The number of hydrogen-bond donors (Lipinski definition) is 1. The summed E-state index contributed by atoms with van der Waals surface area (Å²) in [6.07, 6.45) is 0. The molecule has 0 unspecified atom stereocenters. The summed E-state index contributed by atoms with van der Waals surface area (Å²) in [5.74, 6) is -0.196. The Morgan fingerprint density at radius 2 is 1.86 bits per heavy atom. The van der Waals surface area contributed by atoms with E-state index < -0.39 is 6.61 Å². The number of hydrogen-bond acceptors (Lipinski definition) is 2. The number of ether oxygens (including phenoxy) is 1. The van der Waals surface area contributed by atoms with Crippen molar-refractivity contribution < 1.29 is 18.3 Å². The number of rotatable bonds is 4. The van der Waals surface area contributed by atoms with Crippen LogP contribution in [0.2, 0.25) is 0 Å². The molecule has 2 rings (SSSR count). The maximum atomic E-state index is 12.2. The van der Waals surface area contributed by atoms with E-state index in [4.69, 9.17) is 0 Å². The molecule has 0 atom stereocenters. The molecular formula is C15H12F2INO2. The van der Waals surface area contributed by atoms with E-state index in [1.54, 1.807) is 6.07 Å². The van der Waals surface area contributed by atoms with Gasteiger partial charge in [0.05, 0.1) is 5.56 Å². The second-order valence-electron chi connectivity index (χ2n) is 4.29. The summed E-state index contributed by atoms with van der Waals surface area (Å²) in [7, 11) is 0. The molecule has 0 fully saturated rings. The van der Waals surface area contributed by atoms with Gasteiger partial charge in [-0.25, -0.2) is 0 Å². The molecule has 21 heavy (non-hydrogen) atoms. The van der Waals surface area contributed by atoms with Gasteiger partial charge in [-0.1, -0.05) is 12.1 Å². The molecule has 0 radical (unpaired) electrons. The van der Waals surface area contributed by atoms with E-state index in [2.05, 4.69) is 32.6 Å². The Kier molecular flexibility index (Phi) is 5.11. The van der Waals surface area contributed by atoms with Gasteiger partial charge in [0, 0.05) is 9.26 Å². The Morgan fingerprint density at radius 3 is 2.48 bits per heavy atom. The SMILES string of the molecule is Cc1cccc(C(=O)Nc2ccc(OC(F)F)cc2)c1I. The minimum atomic E-state index is -2.86. The molecule has 3 nitrogen and oxygen atoms in total. The fourth-order valence-corrected chi connectivity index (χ4v) is 2.35. The summed E-state index contributed by atoms with van der Waals surface area (Å²) in [5, 5.41) is 2.72. The lowest BCUT2D eigenvalue weighted by atomic mass is 10.1. The zero-order valence-corrected chi connectivity index (χ0v) is 13.2. The molecule has 0 aromatic heterocycles. The van der Waals surface area contributed by atoms with Gasteiger partial charge in [0.25, 0.3) is 5.91 Å². The maximum Gasteiger partial charge on any atom is 0.387 e. The van der Waals surface area contributed by atoms with Crippen LogP contribution >= 0.6 is 22.6 Å². The molecule has 0 saturated carbocycles. The average molecular weight is 403 g/mol. The van der Waals surface area contributed by atoms with Gasteiger partial charge >= 0.3 is 6.61 Å². The number of amides is 1. The van der Waals surface area contributed by atoms with Crippen LogP contribution in [0, 0.1) is 10.5 Å². The van der Waals surface area contributed by atoms with Crippen molar-refractivity contribution in [2.75, 3.05) is 5.32 Å². The van der Waals surface area contributed by atoms with E-state index in [-0.39, 0.29) is 11.7 Å². The second-order valence-corrected chi connectivity index (χ2v) is 5.37. The molecule has 2 aromatic rings. The normalized spacial score (nSPS) is 10.5. The first-order valence-corrected chi connectivity index (χ1v) is 7.16. The summed E-state index contributed by atoms with van der Waals surface area (Å²) < 4.78 is 29.2. The fourth-order valence-electron chi connectivity index (χ4n) is 1.74. The van der Waals surface area contributed by atoms with E-state index in [0.29, 0.717) is 11.3 Å². The second kappa shape index (κ2) is 6.84. The molecule has 0 aliphatic rings. The Balaban J connectivity index is 2.11. The molecule has 0 heterocycles. The first-order valence-electron chi connectivity index (χ1n) is 6.08. The van der Waals surface area contributed by atoms with Crippen LogP contribution in [0.3, 0.4) is 0 Å². The van der Waals surface area contributed by atoms with Crippen molar-refractivity contribution in [3.05, 3.63) is 57.2 Å². The van der Waals surface area contributed by atoms with Crippen LogP contribution in [0.15, 0.2) is 42.5 Å². The number of anilines is 1. The van der Waals surface area contributed by atoms with Crippen LogP contribution in [0.25, 0.3) is 0 Å². The Labute approximate surface area is 134 Å². The van der Waals surface area contributed by atoms with Gasteiger partial charge in [-0.2, -0.15) is 8.78 Å². The van der Waals surface area contributed by atoms with Crippen molar-refractivity contribution >= 4 is 34.2 Å². The number of aryl methyl sites for hydroxylation is 1. The molecule has 1 N–H and O–H groups in total. The summed E-state index contributed by atoms with van der Waals surface area (Å²) in [5.41, 5.74) is 2.10. The molecule has 0 saturated heterocycles. The predicted octanol–water partition coefficient (Wildman–Crippen LogP) is 4.45. The molecule has 0 spiro atoms. The molecule has 110 valence electrons. The summed E-state index contributed by atoms with van der Waals surface area (Å²) >= 11 is 2.12. The van der Waals surface area contributed by atoms with E-state index in [1.165, 1.54) is 24.3 Å². The molecule has 0 bridgehead atoms. The quantitative estimate of drug-likeness (QED) is 0.767. The lowest BCUT2D eigenvalue weighted by Gasteiger charge is -2.09. The molecule has 0 aliphatic heterocycles. The van der Waals surface area contributed by atoms with E-state index in [1.807, 2.05) is 19.1 Å². The van der Waals surface area contributed by atoms with Crippen LogP contribution < -0.4 is 10.1 Å². The van der Waals surface area contributed by atoms with Gasteiger partial charge in [-0.15, -0.1) is 0 Å². The Hall–Kier alpha value is -1.70. The number of alkyl halides is 2. The molecule has 2 aromatic carbocycles. The van der Waals surface area contributed by atoms with Gasteiger partial charge < -0.3 is 10.1 Å². The fraction of sp³-hybridized carbons (Fsp3) is 0.133.